The summed E-state index contributed by atoms with van der Waals surface area (Å²) in [5, 5.41) is 12.2. The molecule has 0 heterocycles. The van der Waals surface area contributed by atoms with E-state index in [2.05, 4.69) is 5.16 Å². The summed E-state index contributed by atoms with van der Waals surface area (Å²) in [7, 11) is 1.53. The Morgan fingerprint density at radius 2 is 2.21 bits per heavy atom. The standard InChI is InChI=1S/C14H21NO4/c1-4-11(14(16)19-5-2)8-10-6-7-13(18-3)12(9-10)15-17/h6-7,11,17H,4-5,8-9H2,1-3H3. The zero-order valence-electron chi connectivity index (χ0n) is 11.7. The summed E-state index contributed by atoms with van der Waals surface area (Å²) in [6, 6.07) is 0. The van der Waals surface area contributed by atoms with Crippen molar-refractivity contribution in [3.63, 3.8) is 0 Å². The first-order valence-electron chi connectivity index (χ1n) is 6.47. The number of esters is 1. The molecule has 0 spiro atoms. The van der Waals surface area contributed by atoms with E-state index in [1.54, 1.807) is 13.0 Å². The van der Waals surface area contributed by atoms with Crippen LogP contribution in [0.25, 0.3) is 0 Å². The number of methoxy groups -OCH3 is 1. The van der Waals surface area contributed by atoms with E-state index < -0.39 is 0 Å². The maximum absolute atomic E-state index is 11.8. The van der Waals surface area contributed by atoms with Crippen molar-refractivity contribution < 1.29 is 19.5 Å². The zero-order valence-corrected chi connectivity index (χ0v) is 11.7. The fourth-order valence-electron chi connectivity index (χ4n) is 2.03. The predicted molar refractivity (Wildman–Crippen MR) is 72.0 cm³/mol. The van der Waals surface area contributed by atoms with Gasteiger partial charge in [0.2, 0.25) is 0 Å². The van der Waals surface area contributed by atoms with Crippen LogP contribution in [0.5, 0.6) is 0 Å². The van der Waals surface area contributed by atoms with Crippen molar-refractivity contribution in [2.45, 2.75) is 33.1 Å². The van der Waals surface area contributed by atoms with Crippen molar-refractivity contribution in [2.75, 3.05) is 13.7 Å². The lowest BCUT2D eigenvalue weighted by Crippen LogP contribution is -2.19. The third-order valence-electron chi connectivity index (χ3n) is 3.11. The molecule has 0 radical (unpaired) electrons. The number of allylic oxidation sites excluding steroid dienone is 4. The molecule has 5 heteroatoms. The van der Waals surface area contributed by atoms with Crippen LogP contribution in [-0.4, -0.2) is 30.6 Å². The number of hydrogen-bond donors (Lipinski definition) is 1. The number of ether oxygens (including phenoxy) is 2. The Labute approximate surface area is 113 Å². The van der Waals surface area contributed by atoms with Gasteiger partial charge in [0.1, 0.15) is 11.5 Å². The second-order valence-corrected chi connectivity index (χ2v) is 4.34. The minimum atomic E-state index is -0.171. The van der Waals surface area contributed by atoms with Gasteiger partial charge in [-0.2, -0.15) is 0 Å². The van der Waals surface area contributed by atoms with Gasteiger partial charge in [0.25, 0.3) is 0 Å². The number of rotatable bonds is 6. The smallest absolute Gasteiger partial charge is 0.309 e. The van der Waals surface area contributed by atoms with Crippen molar-refractivity contribution in [1.29, 1.82) is 0 Å². The Kier molecular flexibility index (Phi) is 6.12. The van der Waals surface area contributed by atoms with Crippen LogP contribution in [0.2, 0.25) is 0 Å². The van der Waals surface area contributed by atoms with Crippen molar-refractivity contribution in [3.05, 3.63) is 23.5 Å². The van der Waals surface area contributed by atoms with Crippen molar-refractivity contribution in [2.24, 2.45) is 11.1 Å². The molecule has 0 fully saturated rings. The normalized spacial score (nSPS) is 18.6. The lowest BCUT2D eigenvalue weighted by Gasteiger charge is -2.19. The van der Waals surface area contributed by atoms with E-state index in [1.807, 2.05) is 13.0 Å². The zero-order chi connectivity index (χ0) is 14.3. The van der Waals surface area contributed by atoms with Crippen molar-refractivity contribution in [1.82, 2.24) is 0 Å². The Morgan fingerprint density at radius 1 is 1.47 bits per heavy atom. The highest BCUT2D eigenvalue weighted by atomic mass is 16.5. The number of carbonyl (C=O) groups is 1. The molecule has 19 heavy (non-hydrogen) atoms. The van der Waals surface area contributed by atoms with E-state index >= 15 is 0 Å². The third-order valence-corrected chi connectivity index (χ3v) is 3.11. The maximum Gasteiger partial charge on any atom is 0.309 e. The molecule has 1 N–H and O–H groups in total. The lowest BCUT2D eigenvalue weighted by molar-refractivity contribution is -0.148. The molecule has 0 aromatic carbocycles. The predicted octanol–water partition coefficient (Wildman–Crippen LogP) is 2.66. The van der Waals surface area contributed by atoms with Gasteiger partial charge in [0, 0.05) is 6.42 Å². The van der Waals surface area contributed by atoms with Crippen LogP contribution in [0.15, 0.2) is 28.6 Å². The van der Waals surface area contributed by atoms with Crippen LogP contribution in [0.1, 0.15) is 33.1 Å². The van der Waals surface area contributed by atoms with E-state index in [1.165, 1.54) is 7.11 Å². The SMILES string of the molecule is CCOC(=O)C(CC)CC1=CC=C(OC)C(=NO)C1. The van der Waals surface area contributed by atoms with Gasteiger partial charge in [-0.15, -0.1) is 0 Å². The van der Waals surface area contributed by atoms with E-state index in [0.717, 1.165) is 12.0 Å². The molecule has 106 valence electrons. The van der Waals surface area contributed by atoms with Crippen molar-refractivity contribution >= 4 is 11.7 Å². The van der Waals surface area contributed by atoms with Crippen molar-refractivity contribution in [3.8, 4) is 0 Å². The quantitative estimate of drug-likeness (QED) is 0.456. The maximum atomic E-state index is 11.8. The summed E-state index contributed by atoms with van der Waals surface area (Å²) >= 11 is 0. The number of oxime groups is 1. The van der Waals surface area contributed by atoms with Crippen LogP contribution in [0.4, 0.5) is 0 Å². The van der Waals surface area contributed by atoms with Crippen LogP contribution in [0, 0.1) is 5.92 Å². The summed E-state index contributed by atoms with van der Waals surface area (Å²) in [5.74, 6) is 0.231. The van der Waals surface area contributed by atoms with Gasteiger partial charge in [-0.1, -0.05) is 23.7 Å². The first kappa shape index (κ1) is 15.3. The first-order chi connectivity index (χ1) is 9.15. The van der Waals surface area contributed by atoms with Gasteiger partial charge in [-0.3, -0.25) is 4.79 Å². The molecule has 1 aliphatic rings. The molecule has 0 saturated carbocycles. The second kappa shape index (κ2) is 7.61. The Morgan fingerprint density at radius 3 is 2.74 bits per heavy atom. The fourth-order valence-corrected chi connectivity index (χ4v) is 2.03. The highest BCUT2D eigenvalue weighted by Crippen LogP contribution is 2.25. The summed E-state index contributed by atoms with van der Waals surface area (Å²) < 4.78 is 10.1. The molecular weight excluding hydrogens is 246 g/mol. The van der Waals surface area contributed by atoms with E-state index in [9.17, 15) is 4.79 Å². The summed E-state index contributed by atoms with van der Waals surface area (Å²) in [5.41, 5.74) is 1.52. The Balaban J connectivity index is 2.74. The Bertz CT molecular complexity index is 410. The average Bonchev–Trinajstić information content (AvgIpc) is 2.44. The van der Waals surface area contributed by atoms with E-state index in [-0.39, 0.29) is 11.9 Å². The molecular formula is C14H21NO4. The monoisotopic (exact) mass is 267 g/mol. The van der Waals surface area contributed by atoms with Crippen LogP contribution < -0.4 is 0 Å². The average molecular weight is 267 g/mol. The lowest BCUT2D eigenvalue weighted by atomic mass is 9.91. The van der Waals surface area contributed by atoms with Gasteiger partial charge >= 0.3 is 5.97 Å². The molecule has 1 aliphatic carbocycles. The van der Waals surface area contributed by atoms with Gasteiger partial charge < -0.3 is 14.7 Å². The van der Waals surface area contributed by atoms with Crippen LogP contribution >= 0.6 is 0 Å². The number of hydrogen-bond acceptors (Lipinski definition) is 5. The first-order valence-corrected chi connectivity index (χ1v) is 6.47. The Hall–Kier alpha value is -1.78. The molecule has 0 bridgehead atoms. The molecule has 0 aromatic heterocycles. The summed E-state index contributed by atoms with van der Waals surface area (Å²) in [6.07, 6.45) is 5.50. The summed E-state index contributed by atoms with van der Waals surface area (Å²) in [4.78, 5) is 11.8. The molecule has 5 nitrogen and oxygen atoms in total. The summed E-state index contributed by atoms with van der Waals surface area (Å²) in [6.45, 7) is 4.16. The molecule has 0 saturated heterocycles. The third kappa shape index (κ3) is 4.12. The largest absolute Gasteiger partial charge is 0.495 e. The minimum absolute atomic E-state index is 0.149. The number of nitrogens with zero attached hydrogens (tertiary/aromatic N) is 1. The molecule has 0 aliphatic heterocycles. The fraction of sp³-hybridized carbons (Fsp3) is 0.571. The van der Waals surface area contributed by atoms with Crippen LogP contribution in [0.3, 0.4) is 0 Å². The van der Waals surface area contributed by atoms with E-state index in [0.29, 0.717) is 30.9 Å². The molecule has 0 amide bonds. The van der Waals surface area contributed by atoms with E-state index in [4.69, 9.17) is 14.7 Å². The molecule has 0 aromatic rings. The van der Waals surface area contributed by atoms with Crippen LogP contribution in [-0.2, 0) is 14.3 Å². The topological polar surface area (TPSA) is 68.1 Å². The van der Waals surface area contributed by atoms with Gasteiger partial charge in [0.05, 0.1) is 19.6 Å². The second-order valence-electron chi connectivity index (χ2n) is 4.34. The van der Waals surface area contributed by atoms with Gasteiger partial charge in [-0.05, 0) is 25.8 Å². The highest BCUT2D eigenvalue weighted by Gasteiger charge is 2.22. The molecule has 1 unspecified atom stereocenters. The number of carbonyl (C=O) groups excluding carboxylic acids is 1. The molecule has 1 rings (SSSR count). The van der Waals surface area contributed by atoms with Gasteiger partial charge in [0.15, 0.2) is 0 Å². The minimum Gasteiger partial charge on any atom is -0.495 e. The highest BCUT2D eigenvalue weighted by molar-refractivity contribution is 6.00. The van der Waals surface area contributed by atoms with Gasteiger partial charge in [-0.25, -0.2) is 0 Å². The molecule has 1 atom stereocenters.